The summed E-state index contributed by atoms with van der Waals surface area (Å²) in [5.74, 6) is -1.22. The summed E-state index contributed by atoms with van der Waals surface area (Å²) in [7, 11) is 0. The number of carboxylic acid groups (broad SMARTS) is 1. The Morgan fingerprint density at radius 2 is 1.93 bits per heavy atom. The fraction of sp³-hybridized carbons (Fsp3) is 0.143. The van der Waals surface area contributed by atoms with Crippen LogP contribution in [-0.4, -0.2) is 26.7 Å². The molecule has 1 aromatic heterocycles. The molecule has 1 unspecified atom stereocenters. The fourth-order valence-corrected chi connectivity index (χ4v) is 2.83. The molecule has 8 nitrogen and oxygen atoms in total. The van der Waals surface area contributed by atoms with Gasteiger partial charge in [0.25, 0.3) is 5.56 Å². The Hall–Kier alpha value is -3.94. The van der Waals surface area contributed by atoms with Crippen LogP contribution in [0.5, 0.6) is 0 Å². The third-order valence-electron chi connectivity index (χ3n) is 4.18. The molecule has 1 heterocycles. The van der Waals surface area contributed by atoms with Crippen LogP contribution in [0, 0.1) is 6.92 Å². The monoisotopic (exact) mass is 393 g/mol. The van der Waals surface area contributed by atoms with Crippen LogP contribution in [0.25, 0.3) is 0 Å². The van der Waals surface area contributed by atoms with Gasteiger partial charge in [-0.1, -0.05) is 60.2 Å². The van der Waals surface area contributed by atoms with Gasteiger partial charge in [-0.05, 0) is 18.1 Å². The molecule has 0 aliphatic heterocycles. The van der Waals surface area contributed by atoms with Crippen molar-refractivity contribution in [3.8, 4) is 0 Å². The van der Waals surface area contributed by atoms with Crippen LogP contribution in [0.3, 0.4) is 0 Å². The summed E-state index contributed by atoms with van der Waals surface area (Å²) in [5.41, 5.74) is 1.19. The maximum atomic E-state index is 12.8. The largest absolute Gasteiger partial charge is 0.479 e. The van der Waals surface area contributed by atoms with Crippen molar-refractivity contribution in [1.29, 1.82) is 0 Å². The SMILES string of the molecule is Cc1cccc(C(C(=O)O)n2cncc(NC(=O)OCc3ccccc3)c2=O)c1. The zero-order valence-electron chi connectivity index (χ0n) is 15.6. The van der Waals surface area contributed by atoms with Crippen molar-refractivity contribution in [3.05, 3.63) is 94.2 Å². The first-order chi connectivity index (χ1) is 14.0. The number of aromatic nitrogens is 2. The molecule has 0 fully saturated rings. The topological polar surface area (TPSA) is 111 Å². The molecular formula is C21H19N3O5. The smallest absolute Gasteiger partial charge is 0.412 e. The summed E-state index contributed by atoms with van der Waals surface area (Å²) in [5, 5.41) is 12.0. The van der Waals surface area contributed by atoms with Crippen molar-refractivity contribution in [2.24, 2.45) is 0 Å². The Labute approximate surface area is 166 Å². The maximum absolute atomic E-state index is 12.8. The van der Waals surface area contributed by atoms with Crippen molar-refractivity contribution >= 4 is 17.7 Å². The van der Waals surface area contributed by atoms with Crippen LogP contribution in [0.15, 0.2) is 71.9 Å². The van der Waals surface area contributed by atoms with Crippen molar-refractivity contribution < 1.29 is 19.4 Å². The van der Waals surface area contributed by atoms with Gasteiger partial charge >= 0.3 is 12.1 Å². The Kier molecular flexibility index (Phi) is 6.03. The molecule has 0 saturated heterocycles. The molecule has 3 rings (SSSR count). The zero-order valence-corrected chi connectivity index (χ0v) is 15.6. The summed E-state index contributed by atoms with van der Waals surface area (Å²) in [4.78, 5) is 40.6. The van der Waals surface area contributed by atoms with Gasteiger partial charge < -0.3 is 9.84 Å². The molecule has 0 aliphatic carbocycles. The average molecular weight is 393 g/mol. The second kappa shape index (κ2) is 8.83. The van der Waals surface area contributed by atoms with Gasteiger partial charge in [0.15, 0.2) is 6.04 Å². The lowest BCUT2D eigenvalue weighted by Crippen LogP contribution is -2.33. The van der Waals surface area contributed by atoms with Crippen LogP contribution in [0.4, 0.5) is 10.5 Å². The third-order valence-corrected chi connectivity index (χ3v) is 4.18. The first-order valence-corrected chi connectivity index (χ1v) is 8.79. The minimum Gasteiger partial charge on any atom is -0.479 e. The van der Waals surface area contributed by atoms with Crippen molar-refractivity contribution in [2.75, 3.05) is 5.32 Å². The fourth-order valence-electron chi connectivity index (χ4n) is 2.83. The Morgan fingerprint density at radius 3 is 2.62 bits per heavy atom. The van der Waals surface area contributed by atoms with E-state index in [0.29, 0.717) is 5.56 Å². The van der Waals surface area contributed by atoms with E-state index in [1.54, 1.807) is 30.3 Å². The normalized spacial score (nSPS) is 11.5. The molecule has 8 heteroatoms. The van der Waals surface area contributed by atoms with E-state index in [1.165, 1.54) is 0 Å². The molecule has 0 bridgehead atoms. The lowest BCUT2D eigenvalue weighted by Gasteiger charge is -2.17. The molecule has 29 heavy (non-hydrogen) atoms. The summed E-state index contributed by atoms with van der Waals surface area (Å²) in [6.45, 7) is 1.85. The number of benzene rings is 2. The number of ether oxygens (including phenoxy) is 1. The summed E-state index contributed by atoms with van der Waals surface area (Å²) in [6, 6.07) is 14.6. The number of amides is 1. The molecule has 0 spiro atoms. The molecule has 1 atom stereocenters. The van der Waals surface area contributed by atoms with Gasteiger partial charge in [0.2, 0.25) is 0 Å². The second-order valence-corrected chi connectivity index (χ2v) is 6.36. The number of hydrogen-bond donors (Lipinski definition) is 2. The number of aliphatic carboxylic acids is 1. The summed E-state index contributed by atoms with van der Waals surface area (Å²) in [6.07, 6.45) is 1.44. The third kappa shape index (κ3) is 4.86. The highest BCUT2D eigenvalue weighted by Gasteiger charge is 2.24. The molecule has 2 aromatic carbocycles. The van der Waals surface area contributed by atoms with Crippen LogP contribution in [0.1, 0.15) is 22.7 Å². The van der Waals surface area contributed by atoms with Gasteiger partial charge in [-0.15, -0.1) is 0 Å². The lowest BCUT2D eigenvalue weighted by atomic mass is 10.0. The van der Waals surface area contributed by atoms with E-state index in [4.69, 9.17) is 4.74 Å². The number of hydrogen-bond acceptors (Lipinski definition) is 5. The van der Waals surface area contributed by atoms with Crippen LogP contribution in [-0.2, 0) is 16.1 Å². The quantitative estimate of drug-likeness (QED) is 0.666. The van der Waals surface area contributed by atoms with Gasteiger partial charge in [-0.3, -0.25) is 14.7 Å². The van der Waals surface area contributed by atoms with E-state index in [9.17, 15) is 19.5 Å². The highest BCUT2D eigenvalue weighted by molar-refractivity contribution is 5.84. The highest BCUT2D eigenvalue weighted by atomic mass is 16.5. The van der Waals surface area contributed by atoms with Crippen LogP contribution < -0.4 is 10.9 Å². The van der Waals surface area contributed by atoms with Crippen LogP contribution >= 0.6 is 0 Å². The Balaban J connectivity index is 1.82. The maximum Gasteiger partial charge on any atom is 0.412 e. The standard InChI is InChI=1S/C21H19N3O5/c1-14-6-5-9-16(10-14)18(20(26)27)24-13-22-11-17(19(24)25)23-21(28)29-12-15-7-3-2-4-8-15/h2-11,13,18H,12H2,1H3,(H,23,28)(H,26,27). The number of nitrogens with zero attached hydrogens (tertiary/aromatic N) is 2. The summed E-state index contributed by atoms with van der Waals surface area (Å²) < 4.78 is 6.06. The molecule has 1 amide bonds. The van der Waals surface area contributed by atoms with Gasteiger partial charge in [0.05, 0.1) is 12.5 Å². The summed E-state index contributed by atoms with van der Waals surface area (Å²) >= 11 is 0. The number of carbonyl (C=O) groups is 2. The highest BCUT2D eigenvalue weighted by Crippen LogP contribution is 2.19. The molecule has 148 valence electrons. The molecule has 2 N–H and O–H groups in total. The number of rotatable bonds is 6. The van der Waals surface area contributed by atoms with E-state index >= 15 is 0 Å². The molecule has 0 radical (unpaired) electrons. The number of nitrogens with one attached hydrogen (secondary N) is 1. The van der Waals surface area contributed by atoms with Crippen molar-refractivity contribution in [2.45, 2.75) is 19.6 Å². The Bertz CT molecular complexity index is 1080. The second-order valence-electron chi connectivity index (χ2n) is 6.36. The van der Waals surface area contributed by atoms with Gasteiger partial charge in [-0.2, -0.15) is 0 Å². The number of carbonyl (C=O) groups excluding carboxylic acids is 1. The Morgan fingerprint density at radius 1 is 1.17 bits per heavy atom. The number of anilines is 1. The van der Waals surface area contributed by atoms with Crippen molar-refractivity contribution in [3.63, 3.8) is 0 Å². The van der Waals surface area contributed by atoms with E-state index in [-0.39, 0.29) is 12.3 Å². The number of aryl methyl sites for hydroxylation is 1. The minimum absolute atomic E-state index is 0.0299. The zero-order chi connectivity index (χ0) is 20.8. The van der Waals surface area contributed by atoms with Gasteiger partial charge in [0, 0.05) is 0 Å². The molecule has 0 saturated carbocycles. The predicted molar refractivity (Wildman–Crippen MR) is 106 cm³/mol. The average Bonchev–Trinajstić information content (AvgIpc) is 2.70. The molecular weight excluding hydrogens is 374 g/mol. The first kappa shape index (κ1) is 19.8. The van der Waals surface area contributed by atoms with E-state index in [0.717, 1.165) is 28.2 Å². The van der Waals surface area contributed by atoms with Crippen molar-refractivity contribution in [1.82, 2.24) is 9.55 Å². The van der Waals surface area contributed by atoms with E-state index in [2.05, 4.69) is 10.3 Å². The number of carboxylic acids is 1. The van der Waals surface area contributed by atoms with Crippen LogP contribution in [0.2, 0.25) is 0 Å². The van der Waals surface area contributed by atoms with Gasteiger partial charge in [0.1, 0.15) is 12.3 Å². The molecule has 3 aromatic rings. The minimum atomic E-state index is -1.28. The molecule has 0 aliphatic rings. The first-order valence-electron chi connectivity index (χ1n) is 8.79. The van der Waals surface area contributed by atoms with E-state index < -0.39 is 23.7 Å². The predicted octanol–water partition coefficient (Wildman–Crippen LogP) is 2.97. The van der Waals surface area contributed by atoms with E-state index in [1.807, 2.05) is 31.2 Å². The van der Waals surface area contributed by atoms with Gasteiger partial charge in [-0.25, -0.2) is 14.6 Å². The lowest BCUT2D eigenvalue weighted by molar-refractivity contribution is -0.139.